The number of rotatable bonds is 4. The molecular weight excluding hydrogens is 294 g/mol. The number of aromatic nitrogens is 3. The normalized spacial score (nSPS) is 20.0. The molecule has 0 spiro atoms. The third-order valence-electron chi connectivity index (χ3n) is 4.05. The number of hydrogen-bond acceptors (Lipinski definition) is 6. The molecule has 6 heteroatoms. The second-order valence-corrected chi connectivity index (χ2v) is 5.62. The Morgan fingerprint density at radius 3 is 2.48 bits per heavy atom. The van der Waals surface area contributed by atoms with Crippen molar-refractivity contribution in [1.29, 1.82) is 0 Å². The predicted molar refractivity (Wildman–Crippen MR) is 82.0 cm³/mol. The Morgan fingerprint density at radius 1 is 1.09 bits per heavy atom. The summed E-state index contributed by atoms with van der Waals surface area (Å²) in [5, 5.41) is 12.6. The van der Waals surface area contributed by atoms with E-state index in [0.717, 1.165) is 12.8 Å². The minimum Gasteiger partial charge on any atom is -0.491 e. The van der Waals surface area contributed by atoms with E-state index in [4.69, 9.17) is 9.26 Å². The van der Waals surface area contributed by atoms with Crippen molar-refractivity contribution in [3.05, 3.63) is 54.4 Å². The van der Waals surface area contributed by atoms with Gasteiger partial charge in [-0.25, -0.2) is 9.97 Å². The topological polar surface area (TPSA) is 81.3 Å². The maximum absolute atomic E-state index is 9.18. The summed E-state index contributed by atoms with van der Waals surface area (Å²) in [4.78, 5) is 8.36. The molecule has 0 bridgehead atoms. The van der Waals surface area contributed by atoms with Crippen LogP contribution in [0.4, 0.5) is 0 Å². The molecule has 0 radical (unpaired) electrons. The molecule has 0 unspecified atom stereocenters. The van der Waals surface area contributed by atoms with Gasteiger partial charge in [0.2, 0.25) is 0 Å². The number of ether oxygens (including phenoxy) is 1. The van der Waals surface area contributed by atoms with E-state index in [9.17, 15) is 5.11 Å². The van der Waals surface area contributed by atoms with Gasteiger partial charge < -0.3 is 14.4 Å². The summed E-state index contributed by atoms with van der Waals surface area (Å²) in [6.07, 6.45) is 5.29. The molecule has 0 aliphatic heterocycles. The van der Waals surface area contributed by atoms with E-state index in [1.807, 2.05) is 6.07 Å². The minimum atomic E-state index is -0.165. The molecule has 1 saturated carbocycles. The Labute approximate surface area is 132 Å². The lowest BCUT2D eigenvalue weighted by molar-refractivity contribution is 0.0882. The molecule has 23 heavy (non-hydrogen) atoms. The van der Waals surface area contributed by atoms with Crippen LogP contribution in [0.25, 0.3) is 11.3 Å². The van der Waals surface area contributed by atoms with Crippen LogP contribution in [-0.2, 0) is 0 Å². The standard InChI is InChI=1S/C17H15N3O3/c21-16-8-15(23-20-16)13-9-18-17(19-10-13)22-14-6-12(7-14)11-4-2-1-3-5-11/h1-5,8-10,12,14H,6-7H2,(H,20,21). The number of aromatic hydroxyl groups is 1. The van der Waals surface area contributed by atoms with Crippen molar-refractivity contribution in [1.82, 2.24) is 15.1 Å². The Balaban J connectivity index is 1.36. The van der Waals surface area contributed by atoms with Gasteiger partial charge in [-0.3, -0.25) is 0 Å². The molecule has 4 rings (SSSR count). The third kappa shape index (κ3) is 2.88. The van der Waals surface area contributed by atoms with Crippen LogP contribution in [0.3, 0.4) is 0 Å². The molecule has 6 nitrogen and oxygen atoms in total. The van der Waals surface area contributed by atoms with Crippen LogP contribution in [0.1, 0.15) is 24.3 Å². The molecule has 2 aromatic heterocycles. The van der Waals surface area contributed by atoms with Crippen LogP contribution in [0, 0.1) is 0 Å². The first-order valence-corrected chi connectivity index (χ1v) is 7.47. The Hall–Kier alpha value is -2.89. The van der Waals surface area contributed by atoms with Crippen molar-refractivity contribution in [3.63, 3.8) is 0 Å². The zero-order chi connectivity index (χ0) is 15.6. The lowest BCUT2D eigenvalue weighted by atomic mass is 9.77. The van der Waals surface area contributed by atoms with E-state index in [2.05, 4.69) is 39.4 Å². The fraction of sp³-hybridized carbons (Fsp3) is 0.235. The van der Waals surface area contributed by atoms with Crippen molar-refractivity contribution < 1.29 is 14.4 Å². The summed E-state index contributed by atoms with van der Waals surface area (Å²) in [7, 11) is 0. The van der Waals surface area contributed by atoms with E-state index < -0.39 is 0 Å². The smallest absolute Gasteiger partial charge is 0.316 e. The van der Waals surface area contributed by atoms with Gasteiger partial charge in [0.1, 0.15) is 6.10 Å². The van der Waals surface area contributed by atoms with Gasteiger partial charge in [-0.05, 0) is 29.5 Å². The number of nitrogens with zero attached hydrogens (tertiary/aromatic N) is 3. The zero-order valence-electron chi connectivity index (χ0n) is 12.3. The van der Waals surface area contributed by atoms with E-state index in [1.54, 1.807) is 12.4 Å². The first-order valence-electron chi connectivity index (χ1n) is 7.47. The molecule has 0 amide bonds. The zero-order valence-corrected chi connectivity index (χ0v) is 12.3. The Bertz CT molecular complexity index is 780. The predicted octanol–water partition coefficient (Wildman–Crippen LogP) is 3.16. The fourth-order valence-electron chi connectivity index (χ4n) is 2.71. The van der Waals surface area contributed by atoms with Crippen LogP contribution < -0.4 is 4.74 Å². The third-order valence-corrected chi connectivity index (χ3v) is 4.05. The van der Waals surface area contributed by atoms with Gasteiger partial charge >= 0.3 is 6.01 Å². The van der Waals surface area contributed by atoms with Gasteiger partial charge in [0.25, 0.3) is 5.88 Å². The summed E-state index contributed by atoms with van der Waals surface area (Å²) in [6, 6.07) is 12.2. The van der Waals surface area contributed by atoms with Crippen molar-refractivity contribution in [2.45, 2.75) is 24.9 Å². The Kier molecular flexibility index (Phi) is 3.42. The maximum Gasteiger partial charge on any atom is 0.316 e. The summed E-state index contributed by atoms with van der Waals surface area (Å²) in [5.74, 6) is 0.807. The van der Waals surface area contributed by atoms with E-state index in [1.165, 1.54) is 11.6 Å². The van der Waals surface area contributed by atoms with Crippen molar-refractivity contribution >= 4 is 0 Å². The van der Waals surface area contributed by atoms with E-state index >= 15 is 0 Å². The first-order chi connectivity index (χ1) is 11.3. The van der Waals surface area contributed by atoms with E-state index in [-0.39, 0.29) is 12.0 Å². The quantitative estimate of drug-likeness (QED) is 0.797. The second-order valence-electron chi connectivity index (χ2n) is 5.62. The van der Waals surface area contributed by atoms with Gasteiger partial charge in [-0.1, -0.05) is 30.3 Å². The molecular formula is C17H15N3O3. The summed E-state index contributed by atoms with van der Waals surface area (Å²) < 4.78 is 10.7. The lowest BCUT2D eigenvalue weighted by Gasteiger charge is -2.34. The molecule has 1 fully saturated rings. The Morgan fingerprint density at radius 2 is 1.83 bits per heavy atom. The van der Waals surface area contributed by atoms with Crippen LogP contribution >= 0.6 is 0 Å². The number of benzene rings is 1. The van der Waals surface area contributed by atoms with Gasteiger partial charge in [0.15, 0.2) is 5.76 Å². The SMILES string of the molecule is Oc1cc(-c2cnc(OC3CC(c4ccccc4)C3)nc2)on1. The molecule has 116 valence electrons. The molecule has 1 aliphatic carbocycles. The summed E-state index contributed by atoms with van der Waals surface area (Å²) in [6.45, 7) is 0. The van der Waals surface area contributed by atoms with Crippen LogP contribution in [-0.4, -0.2) is 26.3 Å². The highest BCUT2D eigenvalue weighted by atomic mass is 16.5. The molecule has 0 saturated heterocycles. The van der Waals surface area contributed by atoms with Crippen LogP contribution in [0.5, 0.6) is 11.9 Å². The molecule has 0 atom stereocenters. The van der Waals surface area contributed by atoms with Crippen LogP contribution in [0.15, 0.2) is 53.3 Å². The number of hydrogen-bond donors (Lipinski definition) is 1. The van der Waals surface area contributed by atoms with Crippen molar-refractivity contribution in [3.8, 4) is 23.2 Å². The second kappa shape index (κ2) is 5.72. The summed E-state index contributed by atoms with van der Waals surface area (Å²) >= 11 is 0. The monoisotopic (exact) mass is 309 g/mol. The van der Waals surface area contributed by atoms with Gasteiger partial charge in [0.05, 0.1) is 5.56 Å². The van der Waals surface area contributed by atoms with Gasteiger partial charge in [0, 0.05) is 18.5 Å². The molecule has 1 aliphatic rings. The maximum atomic E-state index is 9.18. The molecule has 3 aromatic rings. The lowest BCUT2D eigenvalue weighted by Crippen LogP contribution is -2.32. The highest BCUT2D eigenvalue weighted by Gasteiger charge is 2.32. The van der Waals surface area contributed by atoms with Crippen molar-refractivity contribution in [2.75, 3.05) is 0 Å². The largest absolute Gasteiger partial charge is 0.491 e. The molecule has 1 aromatic carbocycles. The average molecular weight is 309 g/mol. The summed E-state index contributed by atoms with van der Waals surface area (Å²) in [5.41, 5.74) is 2.00. The van der Waals surface area contributed by atoms with Gasteiger partial charge in [-0.15, -0.1) is 0 Å². The first kappa shape index (κ1) is 13.8. The van der Waals surface area contributed by atoms with Crippen molar-refractivity contribution in [2.24, 2.45) is 0 Å². The van der Waals surface area contributed by atoms with Crippen LogP contribution in [0.2, 0.25) is 0 Å². The van der Waals surface area contributed by atoms with Gasteiger partial charge in [-0.2, -0.15) is 0 Å². The molecule has 2 heterocycles. The van der Waals surface area contributed by atoms with E-state index in [0.29, 0.717) is 23.3 Å². The highest BCUT2D eigenvalue weighted by Crippen LogP contribution is 2.38. The minimum absolute atomic E-state index is 0.153. The average Bonchev–Trinajstić information content (AvgIpc) is 2.98. The molecule has 1 N–H and O–H groups in total. The highest BCUT2D eigenvalue weighted by molar-refractivity contribution is 5.55. The fourth-order valence-corrected chi connectivity index (χ4v) is 2.71.